The molecule has 0 unspecified atom stereocenters. The van der Waals surface area contributed by atoms with Crippen molar-refractivity contribution >= 4 is 17.5 Å². The summed E-state index contributed by atoms with van der Waals surface area (Å²) in [6.45, 7) is 1.73. The minimum Gasteiger partial charge on any atom is -0.349 e. The molecule has 1 amide bonds. The highest BCUT2D eigenvalue weighted by Gasteiger charge is 2.27. The minimum atomic E-state index is -0.333. The Bertz CT molecular complexity index is 662. The quantitative estimate of drug-likeness (QED) is 0.946. The maximum Gasteiger partial charge on any atom is 0.256 e. The van der Waals surface area contributed by atoms with Gasteiger partial charge in [-0.05, 0) is 44.0 Å². The highest BCUT2D eigenvalue weighted by Crippen LogP contribution is 2.25. The molecule has 1 aromatic heterocycles. The number of nitrogens with one attached hydrogen (secondary N) is 1. The van der Waals surface area contributed by atoms with Gasteiger partial charge in [0.05, 0.1) is 16.9 Å². The molecule has 0 bridgehead atoms. The zero-order valence-corrected chi connectivity index (χ0v) is 11.6. The van der Waals surface area contributed by atoms with Gasteiger partial charge in [0.1, 0.15) is 11.0 Å². The van der Waals surface area contributed by atoms with Gasteiger partial charge in [-0.3, -0.25) is 4.79 Å². The minimum absolute atomic E-state index is 0.205. The molecule has 1 aromatic carbocycles. The first-order valence-electron chi connectivity index (χ1n) is 6.38. The van der Waals surface area contributed by atoms with Crippen LogP contribution in [0.15, 0.2) is 24.3 Å². The smallest absolute Gasteiger partial charge is 0.256 e. The molecule has 0 aliphatic heterocycles. The Morgan fingerprint density at radius 2 is 2.05 bits per heavy atom. The van der Waals surface area contributed by atoms with Crippen molar-refractivity contribution < 1.29 is 9.18 Å². The van der Waals surface area contributed by atoms with Gasteiger partial charge in [0.25, 0.3) is 5.91 Å². The number of amides is 1. The van der Waals surface area contributed by atoms with Gasteiger partial charge in [-0.1, -0.05) is 11.6 Å². The summed E-state index contributed by atoms with van der Waals surface area (Å²) in [4.78, 5) is 12.1. The molecule has 0 saturated heterocycles. The molecule has 0 atom stereocenters. The largest absolute Gasteiger partial charge is 0.349 e. The Kier molecular flexibility index (Phi) is 3.22. The molecule has 3 rings (SSSR count). The lowest BCUT2D eigenvalue weighted by Crippen LogP contribution is -2.26. The monoisotopic (exact) mass is 293 g/mol. The van der Waals surface area contributed by atoms with Crippen molar-refractivity contribution in [2.24, 2.45) is 0 Å². The third-order valence-corrected chi connectivity index (χ3v) is 3.56. The van der Waals surface area contributed by atoms with Crippen LogP contribution in [0, 0.1) is 12.7 Å². The maximum absolute atomic E-state index is 12.9. The van der Waals surface area contributed by atoms with E-state index in [1.54, 1.807) is 19.1 Å². The number of rotatable bonds is 3. The zero-order valence-electron chi connectivity index (χ0n) is 10.9. The number of halogens is 2. The molecular weight excluding hydrogens is 281 g/mol. The fourth-order valence-electron chi connectivity index (χ4n) is 2.00. The van der Waals surface area contributed by atoms with Gasteiger partial charge in [0, 0.05) is 6.04 Å². The number of carbonyl (C=O) groups excluding carboxylic acids is 1. The normalized spacial score (nSPS) is 14.3. The summed E-state index contributed by atoms with van der Waals surface area (Å²) in [6, 6.07) is 6.04. The van der Waals surface area contributed by atoms with Crippen molar-refractivity contribution in [3.05, 3.63) is 46.5 Å². The van der Waals surface area contributed by atoms with Crippen LogP contribution in [0.3, 0.4) is 0 Å². The number of aromatic nitrogens is 2. The van der Waals surface area contributed by atoms with Gasteiger partial charge in [0.2, 0.25) is 0 Å². The summed E-state index contributed by atoms with van der Waals surface area (Å²) < 4.78 is 14.4. The number of nitrogens with zero attached hydrogens (tertiary/aromatic N) is 2. The van der Waals surface area contributed by atoms with Crippen LogP contribution in [0.1, 0.15) is 28.9 Å². The van der Waals surface area contributed by atoms with E-state index in [-0.39, 0.29) is 22.9 Å². The van der Waals surface area contributed by atoms with E-state index in [1.807, 2.05) is 0 Å². The molecule has 1 fully saturated rings. The zero-order chi connectivity index (χ0) is 14.3. The van der Waals surface area contributed by atoms with E-state index < -0.39 is 0 Å². The second kappa shape index (κ2) is 4.90. The molecule has 1 aliphatic rings. The van der Waals surface area contributed by atoms with Crippen LogP contribution in [0.4, 0.5) is 4.39 Å². The van der Waals surface area contributed by atoms with E-state index in [9.17, 15) is 9.18 Å². The second-order valence-electron chi connectivity index (χ2n) is 4.89. The summed E-state index contributed by atoms with van der Waals surface area (Å²) in [5.41, 5.74) is 1.55. The van der Waals surface area contributed by atoms with Crippen molar-refractivity contribution in [3.8, 4) is 5.69 Å². The standard InChI is InChI=1S/C14H13ClFN3O/c1-8-12(14(20)17-10-4-5-10)13(15)19(18-8)11-6-2-9(16)3-7-11/h2-3,6-7,10H,4-5H2,1H3,(H,17,20). The molecule has 6 heteroatoms. The van der Waals surface area contributed by atoms with Crippen molar-refractivity contribution in [2.75, 3.05) is 0 Å². The predicted octanol–water partition coefficient (Wildman–Crippen LogP) is 2.87. The average Bonchev–Trinajstić information content (AvgIpc) is 3.16. The van der Waals surface area contributed by atoms with Gasteiger partial charge >= 0.3 is 0 Å². The first-order chi connectivity index (χ1) is 9.56. The Morgan fingerprint density at radius 3 is 2.65 bits per heavy atom. The van der Waals surface area contributed by atoms with Crippen LogP contribution >= 0.6 is 11.6 Å². The molecule has 1 N–H and O–H groups in total. The summed E-state index contributed by atoms with van der Waals surface area (Å²) in [5.74, 6) is -0.538. The molecule has 4 nitrogen and oxygen atoms in total. The number of carbonyl (C=O) groups is 1. The van der Waals surface area contributed by atoms with Crippen molar-refractivity contribution in [1.29, 1.82) is 0 Å². The van der Waals surface area contributed by atoms with Gasteiger partial charge in [-0.15, -0.1) is 0 Å². The number of hydrogen-bond donors (Lipinski definition) is 1. The second-order valence-corrected chi connectivity index (χ2v) is 5.25. The summed E-state index contributed by atoms with van der Waals surface area (Å²) in [6.07, 6.45) is 2.02. The van der Waals surface area contributed by atoms with Crippen LogP contribution < -0.4 is 5.32 Å². The Labute approximate surface area is 120 Å². The molecule has 20 heavy (non-hydrogen) atoms. The van der Waals surface area contributed by atoms with Crippen LogP contribution in [-0.2, 0) is 0 Å². The third-order valence-electron chi connectivity index (χ3n) is 3.21. The van der Waals surface area contributed by atoms with Gasteiger partial charge in [-0.25, -0.2) is 9.07 Å². The lowest BCUT2D eigenvalue weighted by Gasteiger charge is -2.04. The molecule has 2 aromatic rings. The number of benzene rings is 1. The molecule has 0 radical (unpaired) electrons. The van der Waals surface area contributed by atoms with Crippen molar-refractivity contribution in [3.63, 3.8) is 0 Å². The van der Waals surface area contributed by atoms with Gasteiger partial charge < -0.3 is 5.32 Å². The Hall–Kier alpha value is -1.88. The lowest BCUT2D eigenvalue weighted by atomic mass is 10.2. The average molecular weight is 294 g/mol. The number of aryl methyl sites for hydroxylation is 1. The van der Waals surface area contributed by atoms with Gasteiger partial charge in [-0.2, -0.15) is 5.10 Å². The first kappa shape index (κ1) is 13.1. The van der Waals surface area contributed by atoms with Crippen molar-refractivity contribution in [2.45, 2.75) is 25.8 Å². The molecule has 1 aliphatic carbocycles. The lowest BCUT2D eigenvalue weighted by molar-refractivity contribution is 0.0950. The Morgan fingerprint density at radius 1 is 1.40 bits per heavy atom. The highest BCUT2D eigenvalue weighted by molar-refractivity contribution is 6.33. The first-order valence-corrected chi connectivity index (χ1v) is 6.76. The molecule has 1 heterocycles. The highest BCUT2D eigenvalue weighted by atomic mass is 35.5. The Balaban J connectivity index is 1.97. The number of hydrogen-bond acceptors (Lipinski definition) is 2. The van der Waals surface area contributed by atoms with Crippen molar-refractivity contribution in [1.82, 2.24) is 15.1 Å². The van der Waals surface area contributed by atoms with E-state index >= 15 is 0 Å². The molecular formula is C14H13ClFN3O. The molecule has 0 spiro atoms. The van der Waals surface area contributed by atoms with Gasteiger partial charge in [0.15, 0.2) is 0 Å². The van der Waals surface area contributed by atoms with Crippen LogP contribution in [0.25, 0.3) is 5.69 Å². The molecule has 104 valence electrons. The van der Waals surface area contributed by atoms with E-state index in [1.165, 1.54) is 16.8 Å². The fourth-order valence-corrected chi connectivity index (χ4v) is 2.35. The topological polar surface area (TPSA) is 46.9 Å². The molecule has 1 saturated carbocycles. The SMILES string of the molecule is Cc1nn(-c2ccc(F)cc2)c(Cl)c1C(=O)NC1CC1. The van der Waals surface area contributed by atoms with E-state index in [0.29, 0.717) is 16.9 Å². The fraction of sp³-hybridized carbons (Fsp3) is 0.286. The maximum atomic E-state index is 12.9. The van der Waals surface area contributed by atoms with Crippen LogP contribution in [0.5, 0.6) is 0 Å². The summed E-state index contributed by atoms with van der Waals surface area (Å²) in [7, 11) is 0. The van der Waals surface area contributed by atoms with Crippen LogP contribution in [0.2, 0.25) is 5.15 Å². The van der Waals surface area contributed by atoms with E-state index in [4.69, 9.17) is 11.6 Å². The summed E-state index contributed by atoms with van der Waals surface area (Å²) in [5, 5.41) is 7.39. The van der Waals surface area contributed by atoms with E-state index in [0.717, 1.165) is 12.8 Å². The third kappa shape index (κ3) is 2.41. The predicted molar refractivity (Wildman–Crippen MR) is 73.8 cm³/mol. The summed E-state index contributed by atoms with van der Waals surface area (Å²) >= 11 is 6.25. The van der Waals surface area contributed by atoms with Crippen LogP contribution in [-0.4, -0.2) is 21.7 Å². The van der Waals surface area contributed by atoms with E-state index in [2.05, 4.69) is 10.4 Å².